The molecule has 0 amide bonds. The Morgan fingerprint density at radius 1 is 1.17 bits per heavy atom. The predicted molar refractivity (Wildman–Crippen MR) is 77.4 cm³/mol. The molecule has 0 saturated heterocycles. The van der Waals surface area contributed by atoms with Crippen LogP contribution in [0, 0.1) is 13.8 Å². The number of H-pyrrole nitrogens is 2. The lowest BCUT2D eigenvalue weighted by molar-refractivity contribution is 0.586. The van der Waals surface area contributed by atoms with Crippen LogP contribution in [0.5, 0.6) is 0 Å². The highest BCUT2D eigenvalue weighted by molar-refractivity contribution is 5.83. The number of hydrogen-bond donors (Lipinski definition) is 2. The van der Waals surface area contributed by atoms with Crippen molar-refractivity contribution in [2.45, 2.75) is 40.2 Å². The average Bonchev–Trinajstić information content (AvgIpc) is 2.87. The van der Waals surface area contributed by atoms with Crippen LogP contribution in [-0.2, 0) is 0 Å². The second kappa shape index (κ2) is 4.48. The normalized spacial score (nSPS) is 12.5. The van der Waals surface area contributed by atoms with Gasteiger partial charge in [0.25, 0.3) is 0 Å². The molecule has 0 bridgehead atoms. The van der Waals surface area contributed by atoms with E-state index in [0.29, 0.717) is 0 Å². The molecule has 0 fully saturated rings. The molecule has 0 aromatic carbocycles. The third-order valence-electron chi connectivity index (χ3n) is 3.05. The summed E-state index contributed by atoms with van der Waals surface area (Å²) in [7, 11) is 0. The molecule has 0 aliphatic rings. The molecule has 0 aliphatic heterocycles. The van der Waals surface area contributed by atoms with Crippen LogP contribution in [0.2, 0.25) is 0 Å². The minimum Gasteiger partial charge on any atom is -0.360 e. The maximum absolute atomic E-state index is 4.56. The zero-order chi connectivity index (χ0) is 13.3. The molecule has 18 heavy (non-hydrogen) atoms. The highest BCUT2D eigenvalue weighted by Gasteiger charge is 2.12. The Morgan fingerprint density at radius 2 is 1.89 bits per heavy atom. The van der Waals surface area contributed by atoms with Crippen LogP contribution in [0.3, 0.4) is 0 Å². The van der Waals surface area contributed by atoms with E-state index in [0.717, 1.165) is 17.1 Å². The van der Waals surface area contributed by atoms with Gasteiger partial charge in [-0.25, -0.2) is 0 Å². The minimum atomic E-state index is -0.0436. The van der Waals surface area contributed by atoms with Gasteiger partial charge in [0.1, 0.15) is 0 Å². The number of hydrogen-bond acceptors (Lipinski definition) is 1. The first-order valence-electron chi connectivity index (χ1n) is 6.26. The van der Waals surface area contributed by atoms with E-state index in [1.807, 2.05) is 18.5 Å². The average molecular weight is 243 g/mol. The quantitative estimate of drug-likeness (QED) is 0.753. The van der Waals surface area contributed by atoms with Gasteiger partial charge in [-0.2, -0.15) is 0 Å². The minimum absolute atomic E-state index is 0.0436. The van der Waals surface area contributed by atoms with Gasteiger partial charge in [0, 0.05) is 12.4 Å². The van der Waals surface area contributed by atoms with Crippen LogP contribution in [0.15, 0.2) is 23.3 Å². The monoisotopic (exact) mass is 243 g/mol. The van der Waals surface area contributed by atoms with Crippen LogP contribution in [0.1, 0.15) is 37.6 Å². The molecule has 0 atom stereocenters. The maximum Gasteiger partial charge on any atom is 0.0656 e. The lowest BCUT2D eigenvalue weighted by atomic mass is 10.1. The van der Waals surface area contributed by atoms with Crippen molar-refractivity contribution >= 4 is 6.21 Å². The van der Waals surface area contributed by atoms with Gasteiger partial charge in [0.15, 0.2) is 0 Å². The van der Waals surface area contributed by atoms with Gasteiger partial charge in [0.2, 0.25) is 0 Å². The lowest BCUT2D eigenvalue weighted by Crippen LogP contribution is -2.09. The van der Waals surface area contributed by atoms with Crippen LogP contribution in [0.4, 0.5) is 0 Å². The number of nitrogens with one attached hydrogen (secondary N) is 2. The summed E-state index contributed by atoms with van der Waals surface area (Å²) >= 11 is 0. The summed E-state index contributed by atoms with van der Waals surface area (Å²) in [6.45, 7) is 10.6. The lowest BCUT2D eigenvalue weighted by Gasteiger charge is -2.10. The van der Waals surface area contributed by atoms with Crippen molar-refractivity contribution in [3.05, 3.63) is 35.2 Å². The first-order chi connectivity index (χ1) is 8.38. The van der Waals surface area contributed by atoms with Gasteiger partial charge >= 0.3 is 0 Å². The summed E-state index contributed by atoms with van der Waals surface area (Å²) in [6, 6.07) is 4.08. The van der Waals surface area contributed by atoms with Crippen molar-refractivity contribution in [3.63, 3.8) is 0 Å². The molecule has 96 valence electrons. The molecule has 3 nitrogen and oxygen atoms in total. The smallest absolute Gasteiger partial charge is 0.0656 e. The fourth-order valence-electron chi connectivity index (χ4n) is 1.85. The standard InChI is InChI=1S/C15H21N3/c1-10-11(2)14(12-7-6-8-16-12)18-13(10)9-17-15(3,4)5/h6-9,16,18H,1-5H3. The van der Waals surface area contributed by atoms with E-state index in [4.69, 9.17) is 0 Å². The van der Waals surface area contributed by atoms with E-state index in [1.54, 1.807) is 0 Å². The third-order valence-corrected chi connectivity index (χ3v) is 3.05. The molecule has 2 aromatic rings. The van der Waals surface area contributed by atoms with E-state index < -0.39 is 0 Å². The second-order valence-corrected chi connectivity index (χ2v) is 5.68. The molecule has 0 radical (unpaired) electrons. The van der Waals surface area contributed by atoms with Gasteiger partial charge < -0.3 is 9.97 Å². The molecule has 2 aromatic heterocycles. The number of aromatic amines is 2. The highest BCUT2D eigenvalue weighted by atomic mass is 14.9. The number of nitrogens with zero attached hydrogens (tertiary/aromatic N) is 1. The van der Waals surface area contributed by atoms with Crippen LogP contribution in [-0.4, -0.2) is 21.7 Å². The Labute approximate surface area is 108 Å². The molecule has 2 N–H and O–H groups in total. The number of aromatic nitrogens is 2. The van der Waals surface area contributed by atoms with Crippen molar-refractivity contribution in [2.75, 3.05) is 0 Å². The molecule has 3 heteroatoms. The molecule has 2 rings (SSSR count). The van der Waals surface area contributed by atoms with Crippen molar-refractivity contribution in [2.24, 2.45) is 4.99 Å². The summed E-state index contributed by atoms with van der Waals surface area (Å²) < 4.78 is 0. The van der Waals surface area contributed by atoms with Gasteiger partial charge in [-0.15, -0.1) is 0 Å². The fourth-order valence-corrected chi connectivity index (χ4v) is 1.85. The molecule has 0 spiro atoms. The van der Waals surface area contributed by atoms with Crippen LogP contribution < -0.4 is 0 Å². The Bertz CT molecular complexity index is 551. The highest BCUT2D eigenvalue weighted by Crippen LogP contribution is 2.25. The zero-order valence-electron chi connectivity index (χ0n) is 11.8. The van der Waals surface area contributed by atoms with Crippen LogP contribution in [0.25, 0.3) is 11.4 Å². The largest absolute Gasteiger partial charge is 0.360 e. The van der Waals surface area contributed by atoms with E-state index >= 15 is 0 Å². The molecule has 0 saturated carbocycles. The molecule has 2 heterocycles. The SMILES string of the molecule is Cc1c(C=NC(C)(C)C)[nH]c(-c2ccc[nH]2)c1C. The third kappa shape index (κ3) is 2.55. The number of rotatable bonds is 2. The first-order valence-corrected chi connectivity index (χ1v) is 6.26. The zero-order valence-corrected chi connectivity index (χ0v) is 11.8. The Morgan fingerprint density at radius 3 is 2.44 bits per heavy atom. The van der Waals surface area contributed by atoms with Crippen molar-refractivity contribution in [1.29, 1.82) is 0 Å². The Hall–Kier alpha value is -1.77. The van der Waals surface area contributed by atoms with Crippen molar-refractivity contribution in [1.82, 2.24) is 9.97 Å². The predicted octanol–water partition coefficient (Wildman–Crippen LogP) is 3.84. The summed E-state index contributed by atoms with van der Waals surface area (Å²) in [4.78, 5) is 11.2. The Balaban J connectivity index is 2.40. The Kier molecular flexibility index (Phi) is 3.16. The van der Waals surface area contributed by atoms with E-state index in [9.17, 15) is 0 Å². The van der Waals surface area contributed by atoms with Gasteiger partial charge in [0.05, 0.1) is 22.6 Å². The summed E-state index contributed by atoms with van der Waals surface area (Å²) in [5.41, 5.74) is 5.84. The summed E-state index contributed by atoms with van der Waals surface area (Å²) in [6.07, 6.45) is 3.88. The fraction of sp³-hybridized carbons (Fsp3) is 0.400. The summed E-state index contributed by atoms with van der Waals surface area (Å²) in [5.74, 6) is 0. The van der Waals surface area contributed by atoms with Gasteiger partial charge in [-0.1, -0.05) is 0 Å². The van der Waals surface area contributed by atoms with E-state index in [2.05, 4.69) is 55.6 Å². The molecular weight excluding hydrogens is 222 g/mol. The maximum atomic E-state index is 4.56. The summed E-state index contributed by atoms with van der Waals surface area (Å²) in [5, 5.41) is 0. The molecule has 0 unspecified atom stereocenters. The second-order valence-electron chi connectivity index (χ2n) is 5.68. The van der Waals surface area contributed by atoms with Gasteiger partial charge in [-0.05, 0) is 57.9 Å². The topological polar surface area (TPSA) is 43.9 Å². The molecular formula is C15H21N3. The first kappa shape index (κ1) is 12.7. The van der Waals surface area contributed by atoms with Gasteiger partial charge in [-0.3, -0.25) is 4.99 Å². The van der Waals surface area contributed by atoms with Crippen molar-refractivity contribution < 1.29 is 0 Å². The van der Waals surface area contributed by atoms with E-state index in [1.165, 1.54) is 11.1 Å². The van der Waals surface area contributed by atoms with Crippen molar-refractivity contribution in [3.8, 4) is 11.4 Å². The van der Waals surface area contributed by atoms with Crippen LogP contribution >= 0.6 is 0 Å². The van der Waals surface area contributed by atoms with E-state index in [-0.39, 0.29) is 5.54 Å². The molecule has 0 aliphatic carbocycles. The number of aliphatic imine (C=N–C) groups is 1.